The summed E-state index contributed by atoms with van der Waals surface area (Å²) in [7, 11) is 0. The van der Waals surface area contributed by atoms with Gasteiger partial charge in [-0.25, -0.2) is 0 Å². The quantitative estimate of drug-likeness (QED) is 0.184. The van der Waals surface area contributed by atoms with E-state index >= 15 is 0 Å². The van der Waals surface area contributed by atoms with Crippen LogP contribution in [0.2, 0.25) is 0 Å². The fraction of sp³-hybridized carbons (Fsp3) is 0.0833. The van der Waals surface area contributed by atoms with Crippen molar-refractivity contribution in [2.75, 3.05) is 9.80 Å². The molecule has 2 aliphatic carbocycles. The molecule has 0 saturated carbocycles. The molecule has 51 heavy (non-hydrogen) atoms. The highest BCUT2D eigenvalue weighted by molar-refractivity contribution is 6.07. The minimum absolute atomic E-state index is 0.403. The molecule has 0 N–H and O–H groups in total. The molecule has 3 nitrogen and oxygen atoms in total. The minimum Gasteiger partial charge on any atom is -0.453 e. The van der Waals surface area contributed by atoms with Crippen LogP contribution < -0.4 is 14.5 Å². The lowest BCUT2D eigenvalue weighted by atomic mass is 9.61. The third-order valence-corrected chi connectivity index (χ3v) is 11.4. The standard InChI is InChI=1S/C48H34N2O/c1-31-26-28-42-39(30-31)48(37-21-9-10-22-41(37)49(42)33-16-3-2-4-17-33)36-20-8-7-19-35(36)46-38(48)27-29-45-47(46)50(43-23-11-12-25-44(43)51-45)40-24-13-15-32-14-5-6-18-34(32)40/h2-29,31H,30H2,1H3. The largest absolute Gasteiger partial charge is 0.453 e. The number of hydrogen-bond acceptors (Lipinski definition) is 3. The number of ether oxygens (including phenoxy) is 1. The van der Waals surface area contributed by atoms with E-state index in [9.17, 15) is 0 Å². The average Bonchev–Trinajstić information content (AvgIpc) is 3.48. The van der Waals surface area contributed by atoms with Crippen molar-refractivity contribution in [1.29, 1.82) is 0 Å². The monoisotopic (exact) mass is 654 g/mol. The molecule has 1 spiro atoms. The second kappa shape index (κ2) is 10.6. The maximum atomic E-state index is 6.85. The Morgan fingerprint density at radius 2 is 1.27 bits per heavy atom. The predicted molar refractivity (Wildman–Crippen MR) is 209 cm³/mol. The lowest BCUT2D eigenvalue weighted by Crippen LogP contribution is -2.40. The van der Waals surface area contributed by atoms with Crippen LogP contribution in [0.25, 0.3) is 21.9 Å². The smallest absolute Gasteiger partial charge is 0.152 e. The number of fused-ring (bicyclic) bond motifs is 12. The van der Waals surface area contributed by atoms with Gasteiger partial charge in [0.15, 0.2) is 11.5 Å². The van der Waals surface area contributed by atoms with E-state index in [-0.39, 0.29) is 0 Å². The van der Waals surface area contributed by atoms with Crippen LogP contribution in [0.3, 0.4) is 0 Å². The van der Waals surface area contributed by atoms with Crippen LogP contribution in [-0.2, 0) is 5.41 Å². The Morgan fingerprint density at radius 1 is 0.569 bits per heavy atom. The van der Waals surface area contributed by atoms with Gasteiger partial charge in [0.1, 0.15) is 0 Å². The first-order valence-electron chi connectivity index (χ1n) is 17.9. The van der Waals surface area contributed by atoms with Crippen molar-refractivity contribution in [3.8, 4) is 22.6 Å². The Hall–Kier alpha value is -6.32. The third kappa shape index (κ3) is 3.78. The fourth-order valence-corrected chi connectivity index (χ4v) is 9.41. The van der Waals surface area contributed by atoms with Crippen molar-refractivity contribution in [2.24, 2.45) is 5.92 Å². The van der Waals surface area contributed by atoms with Crippen LogP contribution >= 0.6 is 0 Å². The number of nitrogens with zero attached hydrogens (tertiary/aromatic N) is 2. The molecule has 4 aliphatic rings. The number of anilines is 5. The van der Waals surface area contributed by atoms with Crippen LogP contribution in [-0.4, -0.2) is 0 Å². The van der Waals surface area contributed by atoms with Gasteiger partial charge in [-0.1, -0.05) is 128 Å². The van der Waals surface area contributed by atoms with Gasteiger partial charge in [-0.2, -0.15) is 0 Å². The average molecular weight is 655 g/mol. The summed E-state index contributed by atoms with van der Waals surface area (Å²) in [4.78, 5) is 4.95. The van der Waals surface area contributed by atoms with Crippen molar-refractivity contribution in [1.82, 2.24) is 0 Å². The third-order valence-electron chi connectivity index (χ3n) is 11.4. The van der Waals surface area contributed by atoms with E-state index in [2.05, 4.69) is 187 Å². The highest BCUT2D eigenvalue weighted by Gasteiger charge is 2.54. The van der Waals surface area contributed by atoms with Gasteiger partial charge in [0.2, 0.25) is 0 Å². The van der Waals surface area contributed by atoms with Crippen LogP contribution in [0.5, 0.6) is 11.5 Å². The molecule has 0 aromatic heterocycles. The van der Waals surface area contributed by atoms with Gasteiger partial charge in [-0.15, -0.1) is 0 Å². The molecule has 2 unspecified atom stereocenters. The number of allylic oxidation sites excluding steroid dienone is 3. The molecule has 11 rings (SSSR count). The molecular formula is C48H34N2O. The summed E-state index contributed by atoms with van der Waals surface area (Å²) in [6.45, 7) is 2.35. The maximum absolute atomic E-state index is 6.85. The lowest BCUT2D eigenvalue weighted by Gasteiger charge is -2.48. The van der Waals surface area contributed by atoms with Crippen LogP contribution in [0, 0.1) is 5.92 Å². The molecule has 242 valence electrons. The van der Waals surface area contributed by atoms with Crippen molar-refractivity contribution < 1.29 is 4.74 Å². The van der Waals surface area contributed by atoms with E-state index in [0.717, 1.165) is 35.0 Å². The summed E-state index contributed by atoms with van der Waals surface area (Å²) >= 11 is 0. The second-order valence-corrected chi connectivity index (χ2v) is 14.1. The van der Waals surface area contributed by atoms with E-state index < -0.39 is 5.41 Å². The molecule has 0 radical (unpaired) electrons. The maximum Gasteiger partial charge on any atom is 0.152 e. The molecule has 0 bridgehead atoms. The lowest BCUT2D eigenvalue weighted by molar-refractivity contribution is 0.477. The van der Waals surface area contributed by atoms with Gasteiger partial charge >= 0.3 is 0 Å². The van der Waals surface area contributed by atoms with Gasteiger partial charge in [0.25, 0.3) is 0 Å². The van der Waals surface area contributed by atoms with E-state index in [1.165, 1.54) is 61.2 Å². The summed E-state index contributed by atoms with van der Waals surface area (Å²) in [6, 6.07) is 57.5. The van der Waals surface area contributed by atoms with Crippen molar-refractivity contribution in [3.05, 3.63) is 198 Å². The zero-order valence-corrected chi connectivity index (χ0v) is 28.3. The normalized spacial score (nSPS) is 19.2. The first-order chi connectivity index (χ1) is 25.2. The number of benzene rings is 7. The second-order valence-electron chi connectivity index (χ2n) is 14.1. The molecule has 0 fully saturated rings. The molecular weight excluding hydrogens is 621 g/mol. The number of rotatable bonds is 2. The molecule has 3 heteroatoms. The summed E-state index contributed by atoms with van der Waals surface area (Å²) in [5.41, 5.74) is 14.4. The topological polar surface area (TPSA) is 15.7 Å². The van der Waals surface area contributed by atoms with E-state index in [0.29, 0.717) is 5.92 Å². The van der Waals surface area contributed by atoms with Gasteiger partial charge in [0, 0.05) is 22.3 Å². The van der Waals surface area contributed by atoms with Gasteiger partial charge in [-0.05, 0) is 94.1 Å². The first-order valence-corrected chi connectivity index (χ1v) is 17.9. The summed E-state index contributed by atoms with van der Waals surface area (Å²) in [6.07, 6.45) is 5.73. The van der Waals surface area contributed by atoms with Crippen molar-refractivity contribution in [2.45, 2.75) is 18.8 Å². The van der Waals surface area contributed by atoms with Crippen molar-refractivity contribution >= 4 is 39.2 Å². The molecule has 2 atom stereocenters. The van der Waals surface area contributed by atoms with E-state index in [4.69, 9.17) is 4.74 Å². The van der Waals surface area contributed by atoms with Crippen molar-refractivity contribution in [3.63, 3.8) is 0 Å². The number of hydrogen-bond donors (Lipinski definition) is 0. The van der Waals surface area contributed by atoms with Gasteiger partial charge in [0.05, 0.1) is 28.2 Å². The molecule has 7 aromatic carbocycles. The molecule has 0 amide bonds. The highest BCUT2D eigenvalue weighted by Crippen LogP contribution is 2.67. The van der Waals surface area contributed by atoms with Gasteiger partial charge < -0.3 is 14.5 Å². The van der Waals surface area contributed by atoms with E-state index in [1.807, 2.05) is 0 Å². The molecule has 7 aromatic rings. The zero-order valence-electron chi connectivity index (χ0n) is 28.3. The molecule has 2 aliphatic heterocycles. The van der Waals surface area contributed by atoms with Gasteiger partial charge in [-0.3, -0.25) is 0 Å². The van der Waals surface area contributed by atoms with Crippen LogP contribution in [0.4, 0.5) is 28.4 Å². The zero-order chi connectivity index (χ0) is 33.7. The highest BCUT2D eigenvalue weighted by atomic mass is 16.5. The first kappa shape index (κ1) is 28.5. The SMILES string of the molecule is CC1C=CC2=C(C1)C1(c3ccccc3-c3c1ccc1c3N(c3cccc4ccccc34)c3ccccc3O1)c1ccccc1N2c1ccccc1. The minimum atomic E-state index is -0.488. The number of para-hydroxylation sites is 4. The Kier molecular flexibility index (Phi) is 5.92. The summed E-state index contributed by atoms with van der Waals surface area (Å²) in [5.74, 6) is 2.13. The van der Waals surface area contributed by atoms with E-state index in [1.54, 1.807) is 0 Å². The Labute approximate surface area is 298 Å². The predicted octanol–water partition coefficient (Wildman–Crippen LogP) is 12.7. The van der Waals surface area contributed by atoms with Crippen LogP contribution in [0.15, 0.2) is 181 Å². The Balaban J connectivity index is 1.28. The Morgan fingerprint density at radius 3 is 2.18 bits per heavy atom. The van der Waals surface area contributed by atoms with Crippen LogP contribution in [0.1, 0.15) is 30.0 Å². The molecule has 0 saturated heterocycles. The summed E-state index contributed by atoms with van der Waals surface area (Å²) < 4.78 is 6.85. The Bertz CT molecular complexity index is 2630. The summed E-state index contributed by atoms with van der Waals surface area (Å²) in [5, 5.41) is 2.42. The molecule has 2 heterocycles. The fourth-order valence-electron chi connectivity index (χ4n) is 9.41.